The van der Waals surface area contributed by atoms with E-state index in [9.17, 15) is 0 Å². The van der Waals surface area contributed by atoms with Crippen molar-refractivity contribution >= 4 is 34.2 Å². The highest BCUT2D eigenvalue weighted by molar-refractivity contribution is 14.1. The van der Waals surface area contributed by atoms with Crippen molar-refractivity contribution in [3.8, 4) is 11.5 Å². The Labute approximate surface area is 111 Å². The van der Waals surface area contributed by atoms with Crippen molar-refractivity contribution in [3.63, 3.8) is 0 Å². The van der Waals surface area contributed by atoms with Crippen LogP contribution in [0.2, 0.25) is 5.02 Å². The van der Waals surface area contributed by atoms with Crippen molar-refractivity contribution < 1.29 is 4.42 Å². The first-order chi connectivity index (χ1) is 7.58. The van der Waals surface area contributed by atoms with Gasteiger partial charge in [0.2, 0.25) is 11.8 Å². The Morgan fingerprint density at radius 3 is 2.81 bits per heavy atom. The molecule has 1 unspecified atom stereocenters. The number of hydrogen-bond donors (Lipinski definition) is 1. The number of aromatic nitrogens is 2. The molecule has 0 saturated carbocycles. The van der Waals surface area contributed by atoms with Crippen molar-refractivity contribution in [2.45, 2.75) is 13.0 Å². The molecule has 0 saturated heterocycles. The summed E-state index contributed by atoms with van der Waals surface area (Å²) in [7, 11) is 0. The molecule has 1 atom stereocenters. The second-order valence-corrected chi connectivity index (χ2v) is 4.96. The molecular weight excluding hydrogens is 340 g/mol. The zero-order valence-corrected chi connectivity index (χ0v) is 11.4. The lowest BCUT2D eigenvalue weighted by Gasteiger charge is -2.00. The Kier molecular flexibility index (Phi) is 3.46. The van der Waals surface area contributed by atoms with E-state index < -0.39 is 0 Å². The summed E-state index contributed by atoms with van der Waals surface area (Å²) in [5.74, 6) is 0.866. The average molecular weight is 350 g/mol. The molecule has 0 radical (unpaired) electrons. The number of halogens is 2. The summed E-state index contributed by atoms with van der Waals surface area (Å²) in [6.07, 6.45) is 0. The van der Waals surface area contributed by atoms with Gasteiger partial charge in [0.05, 0.1) is 11.6 Å². The fraction of sp³-hybridized carbons (Fsp3) is 0.200. The van der Waals surface area contributed by atoms with Crippen LogP contribution in [0.1, 0.15) is 18.9 Å². The third-order valence-electron chi connectivity index (χ3n) is 1.99. The van der Waals surface area contributed by atoms with Crippen LogP contribution in [0.3, 0.4) is 0 Å². The first-order valence-electron chi connectivity index (χ1n) is 4.62. The van der Waals surface area contributed by atoms with Crippen molar-refractivity contribution in [2.75, 3.05) is 0 Å². The van der Waals surface area contributed by atoms with Gasteiger partial charge >= 0.3 is 0 Å². The van der Waals surface area contributed by atoms with Crippen LogP contribution in [0.15, 0.2) is 22.6 Å². The minimum Gasteiger partial charge on any atom is -0.419 e. The summed E-state index contributed by atoms with van der Waals surface area (Å²) in [5, 5.41) is 8.46. The van der Waals surface area contributed by atoms with E-state index >= 15 is 0 Å². The molecular formula is C10H9ClIN3O. The third-order valence-corrected chi connectivity index (χ3v) is 3.16. The zero-order chi connectivity index (χ0) is 11.7. The van der Waals surface area contributed by atoms with Crippen LogP contribution in [0.5, 0.6) is 0 Å². The van der Waals surface area contributed by atoms with E-state index in [1.165, 1.54) is 0 Å². The number of nitrogens with two attached hydrogens (primary N) is 1. The van der Waals surface area contributed by atoms with E-state index in [2.05, 4.69) is 32.8 Å². The molecule has 6 heteroatoms. The first-order valence-corrected chi connectivity index (χ1v) is 6.08. The molecule has 1 heterocycles. The van der Waals surface area contributed by atoms with Gasteiger partial charge in [0, 0.05) is 8.59 Å². The molecule has 1 aromatic heterocycles. The number of nitrogens with zero attached hydrogens (tertiary/aromatic N) is 2. The standard InChI is InChI=1S/C10H9ClIN3O/c1-5(13)9-14-15-10(16-9)7-4-6(11)2-3-8(7)12/h2-5H,13H2,1H3. The largest absolute Gasteiger partial charge is 0.419 e. The van der Waals surface area contributed by atoms with Gasteiger partial charge in [0.25, 0.3) is 0 Å². The van der Waals surface area contributed by atoms with Gasteiger partial charge in [-0.1, -0.05) is 11.6 Å². The Hall–Kier alpha value is -0.660. The highest BCUT2D eigenvalue weighted by Gasteiger charge is 2.14. The minimum absolute atomic E-state index is 0.266. The van der Waals surface area contributed by atoms with Crippen molar-refractivity contribution in [1.29, 1.82) is 0 Å². The number of benzene rings is 1. The van der Waals surface area contributed by atoms with Crippen LogP contribution >= 0.6 is 34.2 Å². The van der Waals surface area contributed by atoms with Gasteiger partial charge in [0.1, 0.15) is 0 Å². The summed E-state index contributed by atoms with van der Waals surface area (Å²) >= 11 is 8.11. The SMILES string of the molecule is CC(N)c1nnc(-c2cc(Cl)ccc2I)o1. The second kappa shape index (κ2) is 4.68. The van der Waals surface area contributed by atoms with Crippen LogP contribution in [0.4, 0.5) is 0 Å². The molecule has 0 aliphatic carbocycles. The Bertz CT molecular complexity index is 513. The lowest BCUT2D eigenvalue weighted by Crippen LogP contribution is -2.04. The van der Waals surface area contributed by atoms with Crippen molar-refractivity contribution in [1.82, 2.24) is 10.2 Å². The molecule has 0 bridgehead atoms. The molecule has 2 aromatic rings. The molecule has 0 amide bonds. The monoisotopic (exact) mass is 349 g/mol. The average Bonchev–Trinajstić information content (AvgIpc) is 2.70. The predicted molar refractivity (Wildman–Crippen MR) is 70.1 cm³/mol. The van der Waals surface area contributed by atoms with E-state index in [4.69, 9.17) is 21.8 Å². The summed E-state index contributed by atoms with van der Waals surface area (Å²) in [5.41, 5.74) is 6.48. The molecule has 2 rings (SSSR count). The Balaban J connectivity index is 2.46. The zero-order valence-electron chi connectivity index (χ0n) is 8.45. The Morgan fingerprint density at radius 2 is 2.19 bits per heavy atom. The van der Waals surface area contributed by atoms with Crippen LogP contribution < -0.4 is 5.73 Å². The van der Waals surface area contributed by atoms with Crippen LogP contribution in [-0.2, 0) is 0 Å². The number of rotatable bonds is 2. The normalized spacial score (nSPS) is 12.8. The summed E-state index contributed by atoms with van der Waals surface area (Å²) in [6, 6.07) is 5.24. The summed E-state index contributed by atoms with van der Waals surface area (Å²) in [4.78, 5) is 0. The quantitative estimate of drug-likeness (QED) is 0.847. The third kappa shape index (κ3) is 2.36. The van der Waals surface area contributed by atoms with Gasteiger partial charge in [-0.15, -0.1) is 10.2 Å². The van der Waals surface area contributed by atoms with E-state index in [1.807, 2.05) is 12.1 Å². The summed E-state index contributed by atoms with van der Waals surface area (Å²) in [6.45, 7) is 1.79. The maximum Gasteiger partial charge on any atom is 0.248 e. The molecule has 2 N–H and O–H groups in total. The van der Waals surface area contributed by atoms with Crippen LogP contribution in [0.25, 0.3) is 11.5 Å². The minimum atomic E-state index is -0.266. The predicted octanol–water partition coefficient (Wildman–Crippen LogP) is 3.01. The van der Waals surface area contributed by atoms with Gasteiger partial charge in [-0.3, -0.25) is 0 Å². The molecule has 16 heavy (non-hydrogen) atoms. The van der Waals surface area contributed by atoms with Crippen LogP contribution in [-0.4, -0.2) is 10.2 Å². The molecule has 0 spiro atoms. The molecule has 0 fully saturated rings. The molecule has 0 aliphatic rings. The fourth-order valence-electron chi connectivity index (χ4n) is 1.19. The van der Waals surface area contributed by atoms with E-state index in [1.54, 1.807) is 13.0 Å². The van der Waals surface area contributed by atoms with Gasteiger partial charge in [-0.25, -0.2) is 0 Å². The smallest absolute Gasteiger partial charge is 0.248 e. The van der Waals surface area contributed by atoms with E-state index in [0.717, 1.165) is 9.13 Å². The fourth-order valence-corrected chi connectivity index (χ4v) is 1.93. The lowest BCUT2D eigenvalue weighted by atomic mass is 10.2. The van der Waals surface area contributed by atoms with Gasteiger partial charge in [-0.05, 0) is 47.7 Å². The Morgan fingerprint density at radius 1 is 1.44 bits per heavy atom. The van der Waals surface area contributed by atoms with Crippen LogP contribution in [0, 0.1) is 3.57 Å². The molecule has 0 aliphatic heterocycles. The van der Waals surface area contributed by atoms with Crippen molar-refractivity contribution in [3.05, 3.63) is 32.7 Å². The second-order valence-electron chi connectivity index (χ2n) is 3.36. The first kappa shape index (κ1) is 11.8. The topological polar surface area (TPSA) is 64.9 Å². The molecule has 4 nitrogen and oxygen atoms in total. The van der Waals surface area contributed by atoms with E-state index in [0.29, 0.717) is 16.8 Å². The molecule has 84 valence electrons. The molecule has 1 aromatic carbocycles. The van der Waals surface area contributed by atoms with Gasteiger partial charge in [0.15, 0.2) is 0 Å². The maximum atomic E-state index is 5.92. The van der Waals surface area contributed by atoms with Crippen molar-refractivity contribution in [2.24, 2.45) is 5.73 Å². The van der Waals surface area contributed by atoms with Gasteiger partial charge < -0.3 is 10.2 Å². The van der Waals surface area contributed by atoms with Gasteiger partial charge in [-0.2, -0.15) is 0 Å². The lowest BCUT2D eigenvalue weighted by molar-refractivity contribution is 0.473. The van der Waals surface area contributed by atoms with E-state index in [-0.39, 0.29) is 6.04 Å². The summed E-state index contributed by atoms with van der Waals surface area (Å²) < 4.78 is 6.46. The highest BCUT2D eigenvalue weighted by Crippen LogP contribution is 2.27. The number of hydrogen-bond acceptors (Lipinski definition) is 4. The maximum absolute atomic E-state index is 5.92. The highest BCUT2D eigenvalue weighted by atomic mass is 127.